The summed E-state index contributed by atoms with van der Waals surface area (Å²) in [6.45, 7) is 2.45. The molecule has 0 aliphatic carbocycles. The van der Waals surface area contributed by atoms with E-state index < -0.39 is 0 Å². The summed E-state index contributed by atoms with van der Waals surface area (Å²) >= 11 is 0. The molecule has 1 N–H and O–H groups in total. The number of imidazole rings is 1. The summed E-state index contributed by atoms with van der Waals surface area (Å²) in [6.07, 6.45) is 4.88. The third-order valence-corrected chi connectivity index (χ3v) is 4.78. The fraction of sp³-hybridized carbons (Fsp3) is 0.600. The highest BCUT2D eigenvalue weighted by atomic mass is 31.1. The van der Waals surface area contributed by atoms with E-state index in [-0.39, 0.29) is 27.5 Å². The highest BCUT2D eigenvalue weighted by Crippen LogP contribution is 2.37. The van der Waals surface area contributed by atoms with Gasteiger partial charge in [0.05, 0.1) is 37.6 Å². The van der Waals surface area contributed by atoms with Crippen LogP contribution in [0.25, 0.3) is 11.2 Å². The molecule has 1 unspecified atom stereocenters. The van der Waals surface area contributed by atoms with E-state index in [0.29, 0.717) is 30.8 Å². The van der Waals surface area contributed by atoms with Crippen molar-refractivity contribution in [3.63, 3.8) is 0 Å². The van der Waals surface area contributed by atoms with E-state index in [9.17, 15) is 0 Å². The van der Waals surface area contributed by atoms with Crippen LogP contribution in [0, 0.1) is 11.3 Å². The molecule has 0 aromatic carbocycles. The van der Waals surface area contributed by atoms with Crippen molar-refractivity contribution in [1.82, 2.24) is 19.5 Å². The van der Waals surface area contributed by atoms with Gasteiger partial charge < -0.3 is 19.1 Å². The molecule has 4 atom stereocenters. The van der Waals surface area contributed by atoms with Gasteiger partial charge in [0.2, 0.25) is 0 Å². The number of aromatic nitrogens is 4. The summed E-state index contributed by atoms with van der Waals surface area (Å²) < 4.78 is 19.2. The number of nitrogens with zero attached hydrogens (tertiary/aromatic N) is 5. The van der Waals surface area contributed by atoms with Crippen molar-refractivity contribution in [3.05, 3.63) is 12.7 Å². The molecule has 25 heavy (non-hydrogen) atoms. The Balaban J connectivity index is 1.69. The van der Waals surface area contributed by atoms with E-state index in [0.717, 1.165) is 12.1 Å². The molecule has 3 heterocycles. The summed E-state index contributed by atoms with van der Waals surface area (Å²) in [5.41, 5.74) is 1.44. The lowest BCUT2D eigenvalue weighted by atomic mass is 10.1. The van der Waals surface area contributed by atoms with Crippen LogP contribution < -0.4 is 5.32 Å². The molecule has 2 aromatic rings. The van der Waals surface area contributed by atoms with Gasteiger partial charge >= 0.3 is 0 Å². The fourth-order valence-corrected chi connectivity index (χ4v) is 3.46. The monoisotopic (exact) mass is 364 g/mol. The van der Waals surface area contributed by atoms with Crippen molar-refractivity contribution < 1.29 is 13.8 Å². The maximum atomic E-state index is 8.51. The Bertz CT molecular complexity index is 748. The fourth-order valence-electron chi connectivity index (χ4n) is 2.84. The molecular weight excluding hydrogens is 343 g/mol. The van der Waals surface area contributed by atoms with Crippen LogP contribution in [0.4, 0.5) is 5.82 Å². The second kappa shape index (κ2) is 8.50. The number of anilines is 1. The molecule has 0 bridgehead atoms. The molecule has 0 radical (unpaired) electrons. The van der Waals surface area contributed by atoms with Crippen LogP contribution in [-0.4, -0.2) is 45.4 Å². The molecule has 2 aromatic heterocycles. The molecule has 1 saturated heterocycles. The zero-order valence-corrected chi connectivity index (χ0v) is 15.2. The van der Waals surface area contributed by atoms with Gasteiger partial charge in [0.1, 0.15) is 18.1 Å². The molecule has 134 valence electrons. The van der Waals surface area contributed by atoms with Gasteiger partial charge in [0.25, 0.3) is 0 Å². The van der Waals surface area contributed by atoms with Crippen molar-refractivity contribution in [2.75, 3.05) is 19.0 Å². The maximum absolute atomic E-state index is 8.51. The lowest BCUT2D eigenvalue weighted by Crippen LogP contribution is -2.20. The van der Waals surface area contributed by atoms with Crippen molar-refractivity contribution in [1.29, 1.82) is 5.26 Å². The Labute approximate surface area is 147 Å². The summed E-state index contributed by atoms with van der Waals surface area (Å²) in [5.74, 6) is 0.689. The number of rotatable bonds is 8. The third-order valence-electron chi connectivity index (χ3n) is 4.06. The SMILES string of the molecule is CC[C@H]1O[C@@H](n2cnc3c(NC)ncnc32)C[C@H]1OPOCCC#N. The molecule has 10 heteroatoms. The number of nitrogens with one attached hydrogen (secondary N) is 1. The first-order valence-electron chi connectivity index (χ1n) is 8.18. The second-order valence-corrected chi connectivity index (χ2v) is 6.26. The first kappa shape index (κ1) is 18.0. The first-order valence-corrected chi connectivity index (χ1v) is 9.00. The maximum Gasteiger partial charge on any atom is 0.167 e. The van der Waals surface area contributed by atoms with E-state index in [1.165, 1.54) is 6.33 Å². The van der Waals surface area contributed by atoms with Crippen LogP contribution in [0.3, 0.4) is 0 Å². The van der Waals surface area contributed by atoms with Gasteiger partial charge in [-0.05, 0) is 6.42 Å². The van der Waals surface area contributed by atoms with E-state index in [1.807, 2.05) is 10.6 Å². The van der Waals surface area contributed by atoms with Gasteiger partial charge in [0, 0.05) is 13.5 Å². The van der Waals surface area contributed by atoms with Gasteiger partial charge in [-0.3, -0.25) is 4.57 Å². The molecule has 0 saturated carbocycles. The Morgan fingerprint density at radius 2 is 2.36 bits per heavy atom. The lowest BCUT2D eigenvalue weighted by Gasteiger charge is -2.16. The summed E-state index contributed by atoms with van der Waals surface area (Å²) in [6, 6.07) is 2.04. The Morgan fingerprint density at radius 1 is 1.48 bits per heavy atom. The number of nitriles is 1. The average molecular weight is 364 g/mol. The highest BCUT2D eigenvalue weighted by molar-refractivity contribution is 7.26. The molecular formula is C15H21N6O3P. The molecule has 1 aliphatic heterocycles. The van der Waals surface area contributed by atoms with E-state index in [1.54, 1.807) is 13.4 Å². The Morgan fingerprint density at radius 3 is 3.12 bits per heavy atom. The van der Waals surface area contributed by atoms with Crippen LogP contribution >= 0.6 is 9.03 Å². The topological polar surface area (TPSA) is 107 Å². The van der Waals surface area contributed by atoms with Crippen molar-refractivity contribution >= 4 is 26.0 Å². The number of hydrogen-bond donors (Lipinski definition) is 1. The molecule has 0 spiro atoms. The van der Waals surface area contributed by atoms with Crippen LogP contribution in [0.2, 0.25) is 0 Å². The largest absolute Gasteiger partial charge is 0.371 e. The number of fused-ring (bicyclic) bond motifs is 1. The third kappa shape index (κ3) is 3.88. The van der Waals surface area contributed by atoms with Crippen LogP contribution in [0.5, 0.6) is 0 Å². The number of hydrogen-bond acceptors (Lipinski definition) is 8. The smallest absolute Gasteiger partial charge is 0.167 e. The van der Waals surface area contributed by atoms with Crippen LogP contribution in [-0.2, 0) is 13.8 Å². The van der Waals surface area contributed by atoms with Crippen LogP contribution in [0.1, 0.15) is 32.4 Å². The molecule has 1 aliphatic rings. The minimum absolute atomic E-state index is 0.0138. The van der Waals surface area contributed by atoms with Crippen molar-refractivity contribution in [2.45, 2.75) is 44.6 Å². The Kier molecular flexibility index (Phi) is 6.10. The first-order chi connectivity index (χ1) is 12.3. The predicted molar refractivity (Wildman–Crippen MR) is 93.1 cm³/mol. The predicted octanol–water partition coefficient (Wildman–Crippen LogP) is 2.39. The molecule has 1 fully saturated rings. The summed E-state index contributed by atoms with van der Waals surface area (Å²) in [4.78, 5) is 12.9. The van der Waals surface area contributed by atoms with Gasteiger partial charge in [-0.15, -0.1) is 0 Å². The van der Waals surface area contributed by atoms with Crippen LogP contribution in [0.15, 0.2) is 12.7 Å². The second-order valence-electron chi connectivity index (χ2n) is 5.57. The van der Waals surface area contributed by atoms with E-state index in [4.69, 9.17) is 19.0 Å². The lowest BCUT2D eigenvalue weighted by molar-refractivity contribution is -0.0138. The van der Waals surface area contributed by atoms with E-state index in [2.05, 4.69) is 27.2 Å². The quantitative estimate of drug-likeness (QED) is 0.562. The van der Waals surface area contributed by atoms with Gasteiger partial charge in [-0.1, -0.05) is 6.92 Å². The highest BCUT2D eigenvalue weighted by Gasteiger charge is 2.37. The van der Waals surface area contributed by atoms with Crippen molar-refractivity contribution in [2.24, 2.45) is 0 Å². The molecule has 0 amide bonds. The minimum Gasteiger partial charge on any atom is -0.371 e. The summed E-state index contributed by atoms with van der Waals surface area (Å²) in [7, 11) is 1.71. The summed E-state index contributed by atoms with van der Waals surface area (Å²) in [5, 5.41) is 11.5. The Hall–Kier alpha value is -1.85. The average Bonchev–Trinajstić information content (AvgIpc) is 3.24. The minimum atomic E-state index is -0.191. The standard InChI is InChI=1S/C15H21N6O3P/c1-3-10-11(24-25-22-6-4-5-16)7-12(23-10)21-9-20-13-14(17-2)18-8-19-15(13)21/h8-12,25H,3-4,6-7H2,1-2H3,(H,17,18,19)/t10-,11-,12-/m1/s1. The van der Waals surface area contributed by atoms with Gasteiger partial charge in [0.15, 0.2) is 20.5 Å². The van der Waals surface area contributed by atoms with Gasteiger partial charge in [-0.2, -0.15) is 5.26 Å². The van der Waals surface area contributed by atoms with E-state index >= 15 is 0 Å². The van der Waals surface area contributed by atoms with Gasteiger partial charge in [-0.25, -0.2) is 15.0 Å². The molecule has 9 nitrogen and oxygen atoms in total. The zero-order chi connectivity index (χ0) is 17.6. The van der Waals surface area contributed by atoms with Crippen molar-refractivity contribution in [3.8, 4) is 6.07 Å². The normalized spacial score (nSPS) is 23.5. The zero-order valence-electron chi connectivity index (χ0n) is 14.2. The number of ether oxygens (including phenoxy) is 1. The molecule has 3 rings (SSSR count).